The van der Waals surface area contributed by atoms with Crippen molar-refractivity contribution in [3.63, 3.8) is 0 Å². The fourth-order valence-electron chi connectivity index (χ4n) is 3.45. The second kappa shape index (κ2) is 6.54. The van der Waals surface area contributed by atoms with Gasteiger partial charge < -0.3 is 15.0 Å². The van der Waals surface area contributed by atoms with Crippen molar-refractivity contribution in [2.24, 2.45) is 0 Å². The van der Waals surface area contributed by atoms with Crippen LogP contribution < -0.4 is 5.32 Å². The van der Waals surface area contributed by atoms with Crippen molar-refractivity contribution in [3.05, 3.63) is 65.6 Å². The number of fused-ring (bicyclic) bond motifs is 1. The molecule has 2 aromatic carbocycles. The summed E-state index contributed by atoms with van der Waals surface area (Å²) < 4.78 is 18.8. The van der Waals surface area contributed by atoms with E-state index in [0.717, 1.165) is 11.1 Å². The Balaban J connectivity index is 1.66. The van der Waals surface area contributed by atoms with E-state index in [-0.39, 0.29) is 18.3 Å². The molecule has 27 heavy (non-hydrogen) atoms. The zero-order chi connectivity index (χ0) is 19.0. The van der Waals surface area contributed by atoms with Gasteiger partial charge in [0.1, 0.15) is 5.82 Å². The van der Waals surface area contributed by atoms with Gasteiger partial charge in [-0.05, 0) is 55.7 Å². The molecule has 6 heteroatoms. The van der Waals surface area contributed by atoms with Gasteiger partial charge in [-0.2, -0.15) is 0 Å². The van der Waals surface area contributed by atoms with Gasteiger partial charge in [0.05, 0.1) is 23.3 Å². The Morgan fingerprint density at radius 1 is 1.22 bits per heavy atom. The molecule has 1 aromatic heterocycles. The number of H-pyrrole nitrogens is 1. The SMILES string of the molecule is CCOC(=O)c1ccccc1NC(=O)C1(c2c[nH]c3ccc(F)cc23)CC1. The van der Waals surface area contributed by atoms with Gasteiger partial charge in [0.2, 0.25) is 5.91 Å². The molecule has 0 unspecified atom stereocenters. The van der Waals surface area contributed by atoms with Crippen molar-refractivity contribution in [1.82, 2.24) is 4.98 Å². The first-order chi connectivity index (χ1) is 13.0. The molecule has 1 aliphatic carbocycles. The van der Waals surface area contributed by atoms with Gasteiger partial charge in [0, 0.05) is 17.1 Å². The fraction of sp³-hybridized carbons (Fsp3) is 0.238. The number of hydrogen-bond acceptors (Lipinski definition) is 3. The quantitative estimate of drug-likeness (QED) is 0.666. The van der Waals surface area contributed by atoms with Gasteiger partial charge >= 0.3 is 5.97 Å². The number of amides is 1. The maximum Gasteiger partial charge on any atom is 0.340 e. The van der Waals surface area contributed by atoms with E-state index in [1.807, 2.05) is 0 Å². The highest BCUT2D eigenvalue weighted by Crippen LogP contribution is 2.51. The summed E-state index contributed by atoms with van der Waals surface area (Å²) in [6.45, 7) is 1.99. The van der Waals surface area contributed by atoms with Crippen LogP contribution in [0.2, 0.25) is 0 Å². The molecule has 1 fully saturated rings. The maximum atomic E-state index is 13.7. The van der Waals surface area contributed by atoms with E-state index < -0.39 is 11.4 Å². The minimum atomic E-state index is -0.714. The average Bonchev–Trinajstić information content (AvgIpc) is 3.36. The van der Waals surface area contributed by atoms with E-state index in [9.17, 15) is 14.0 Å². The van der Waals surface area contributed by atoms with Crippen LogP contribution in [0, 0.1) is 5.82 Å². The topological polar surface area (TPSA) is 71.2 Å². The summed E-state index contributed by atoms with van der Waals surface area (Å²) in [5.74, 6) is -1.02. The van der Waals surface area contributed by atoms with Crippen LogP contribution in [-0.2, 0) is 14.9 Å². The zero-order valence-corrected chi connectivity index (χ0v) is 14.8. The van der Waals surface area contributed by atoms with E-state index in [2.05, 4.69) is 10.3 Å². The van der Waals surface area contributed by atoms with E-state index in [4.69, 9.17) is 4.74 Å². The van der Waals surface area contributed by atoms with Crippen molar-refractivity contribution in [3.8, 4) is 0 Å². The minimum absolute atomic E-state index is 0.204. The molecule has 1 amide bonds. The molecular formula is C21H19FN2O3. The third kappa shape index (κ3) is 2.97. The van der Waals surface area contributed by atoms with Gasteiger partial charge in [0.15, 0.2) is 0 Å². The molecule has 138 valence electrons. The summed E-state index contributed by atoms with van der Waals surface area (Å²) in [5.41, 5.74) is 1.58. The fourth-order valence-corrected chi connectivity index (χ4v) is 3.45. The predicted molar refractivity (Wildman–Crippen MR) is 100 cm³/mol. The monoisotopic (exact) mass is 366 g/mol. The molecule has 0 aliphatic heterocycles. The number of rotatable bonds is 5. The van der Waals surface area contributed by atoms with Crippen LogP contribution in [0.15, 0.2) is 48.7 Å². The van der Waals surface area contributed by atoms with Gasteiger partial charge in [0.25, 0.3) is 0 Å². The number of esters is 1. The number of halogens is 1. The van der Waals surface area contributed by atoms with Gasteiger partial charge in [-0.25, -0.2) is 9.18 Å². The minimum Gasteiger partial charge on any atom is -0.462 e. The first kappa shape index (κ1) is 17.3. The number of para-hydroxylation sites is 1. The smallest absolute Gasteiger partial charge is 0.340 e. The Morgan fingerprint density at radius 3 is 2.74 bits per heavy atom. The molecule has 1 heterocycles. The third-order valence-corrected chi connectivity index (χ3v) is 5.01. The molecular weight excluding hydrogens is 347 g/mol. The molecule has 3 aromatic rings. The Hall–Kier alpha value is -3.15. The molecule has 4 rings (SSSR count). The highest BCUT2D eigenvalue weighted by molar-refractivity contribution is 6.07. The predicted octanol–water partition coefficient (Wildman–Crippen LogP) is 4.15. The lowest BCUT2D eigenvalue weighted by atomic mass is 9.94. The Kier molecular flexibility index (Phi) is 4.18. The lowest BCUT2D eigenvalue weighted by molar-refractivity contribution is -0.118. The highest BCUT2D eigenvalue weighted by Gasteiger charge is 2.52. The van der Waals surface area contributed by atoms with Crippen LogP contribution in [0.5, 0.6) is 0 Å². The summed E-state index contributed by atoms with van der Waals surface area (Å²) in [6, 6.07) is 11.3. The van der Waals surface area contributed by atoms with Crippen molar-refractivity contribution in [2.75, 3.05) is 11.9 Å². The molecule has 1 saturated carbocycles. The third-order valence-electron chi connectivity index (χ3n) is 5.01. The standard InChI is InChI=1S/C21H19FN2O3/c1-2-27-19(25)14-5-3-4-6-18(14)24-20(26)21(9-10-21)16-12-23-17-8-7-13(22)11-15(16)17/h3-8,11-12,23H,2,9-10H2,1H3,(H,24,26). The summed E-state index contributed by atoms with van der Waals surface area (Å²) in [5, 5.41) is 3.58. The van der Waals surface area contributed by atoms with Crippen molar-refractivity contribution < 1.29 is 18.7 Å². The molecule has 0 atom stereocenters. The first-order valence-electron chi connectivity index (χ1n) is 8.90. The number of carbonyl (C=O) groups excluding carboxylic acids is 2. The summed E-state index contributed by atoms with van der Waals surface area (Å²) in [6.07, 6.45) is 3.11. The second-order valence-electron chi connectivity index (χ2n) is 6.69. The van der Waals surface area contributed by atoms with Crippen LogP contribution in [0.4, 0.5) is 10.1 Å². The maximum absolute atomic E-state index is 13.7. The number of aromatic nitrogens is 1. The van der Waals surface area contributed by atoms with Crippen LogP contribution in [0.25, 0.3) is 10.9 Å². The lowest BCUT2D eigenvalue weighted by Crippen LogP contribution is -2.28. The second-order valence-corrected chi connectivity index (χ2v) is 6.69. The average molecular weight is 366 g/mol. The zero-order valence-electron chi connectivity index (χ0n) is 14.8. The van der Waals surface area contributed by atoms with Crippen molar-refractivity contribution >= 4 is 28.5 Å². The highest BCUT2D eigenvalue weighted by atomic mass is 19.1. The van der Waals surface area contributed by atoms with E-state index in [1.165, 1.54) is 12.1 Å². The largest absolute Gasteiger partial charge is 0.462 e. The molecule has 1 aliphatic rings. The molecule has 0 spiro atoms. The van der Waals surface area contributed by atoms with E-state index in [1.54, 1.807) is 43.5 Å². The molecule has 0 saturated heterocycles. The molecule has 5 nitrogen and oxygen atoms in total. The van der Waals surface area contributed by atoms with Crippen LogP contribution in [0.1, 0.15) is 35.7 Å². The van der Waals surface area contributed by atoms with Crippen LogP contribution in [-0.4, -0.2) is 23.5 Å². The number of nitrogens with one attached hydrogen (secondary N) is 2. The van der Waals surface area contributed by atoms with Crippen molar-refractivity contribution in [1.29, 1.82) is 0 Å². The summed E-state index contributed by atoms with van der Waals surface area (Å²) >= 11 is 0. The molecule has 0 radical (unpaired) electrons. The van der Waals surface area contributed by atoms with Crippen LogP contribution in [0.3, 0.4) is 0 Å². The number of benzene rings is 2. The van der Waals surface area contributed by atoms with Crippen LogP contribution >= 0.6 is 0 Å². The number of aromatic amines is 1. The number of carbonyl (C=O) groups is 2. The normalized spacial score (nSPS) is 14.7. The Labute approximate surface area is 155 Å². The van der Waals surface area contributed by atoms with Gasteiger partial charge in [-0.3, -0.25) is 4.79 Å². The summed E-state index contributed by atoms with van der Waals surface area (Å²) in [7, 11) is 0. The first-order valence-corrected chi connectivity index (χ1v) is 8.90. The van der Waals surface area contributed by atoms with E-state index >= 15 is 0 Å². The van der Waals surface area contributed by atoms with E-state index in [0.29, 0.717) is 29.5 Å². The number of anilines is 1. The lowest BCUT2D eigenvalue weighted by Gasteiger charge is -2.16. The van der Waals surface area contributed by atoms with Gasteiger partial charge in [-0.15, -0.1) is 0 Å². The Morgan fingerprint density at radius 2 is 2.00 bits per heavy atom. The van der Waals surface area contributed by atoms with Crippen molar-refractivity contribution in [2.45, 2.75) is 25.2 Å². The Bertz CT molecular complexity index is 1040. The number of ether oxygens (including phenoxy) is 1. The molecule has 0 bridgehead atoms. The summed E-state index contributed by atoms with van der Waals surface area (Å²) in [4.78, 5) is 28.3. The number of hydrogen-bond donors (Lipinski definition) is 2. The molecule has 2 N–H and O–H groups in total. The van der Waals surface area contributed by atoms with Gasteiger partial charge in [-0.1, -0.05) is 12.1 Å².